The molecular formula is C12H22N4. The minimum atomic E-state index is 0.781. The van der Waals surface area contributed by atoms with Gasteiger partial charge in [0.15, 0.2) is 0 Å². The average Bonchev–Trinajstić information content (AvgIpc) is 2.51. The molecule has 1 saturated heterocycles. The fraction of sp³-hybridized carbons (Fsp3) is 0.833. The van der Waals surface area contributed by atoms with Gasteiger partial charge in [0.1, 0.15) is 11.6 Å². The van der Waals surface area contributed by atoms with Crippen LogP contribution in [0.3, 0.4) is 0 Å². The first-order valence-electron chi connectivity index (χ1n) is 6.40. The lowest BCUT2D eigenvalue weighted by atomic mass is 9.96. The molecule has 0 radical (unpaired) electrons. The van der Waals surface area contributed by atoms with Gasteiger partial charge < -0.3 is 9.88 Å². The quantitative estimate of drug-likeness (QED) is 0.843. The largest absolute Gasteiger partial charge is 0.317 e. The number of aromatic nitrogens is 3. The zero-order chi connectivity index (χ0) is 11.4. The SMILES string of the molecule is CCn1c(C)nnc1CC1CCCNCC1. The molecule has 16 heavy (non-hydrogen) atoms. The van der Waals surface area contributed by atoms with E-state index in [1.165, 1.54) is 31.6 Å². The highest BCUT2D eigenvalue weighted by molar-refractivity contribution is 4.95. The van der Waals surface area contributed by atoms with Crippen LogP contribution in [0.2, 0.25) is 0 Å². The van der Waals surface area contributed by atoms with Crippen LogP contribution in [0.15, 0.2) is 0 Å². The van der Waals surface area contributed by atoms with Gasteiger partial charge in [-0.3, -0.25) is 0 Å². The summed E-state index contributed by atoms with van der Waals surface area (Å²) in [5, 5.41) is 11.9. The van der Waals surface area contributed by atoms with Gasteiger partial charge in [0.05, 0.1) is 0 Å². The van der Waals surface area contributed by atoms with Crippen molar-refractivity contribution in [2.75, 3.05) is 13.1 Å². The molecule has 2 heterocycles. The van der Waals surface area contributed by atoms with E-state index < -0.39 is 0 Å². The van der Waals surface area contributed by atoms with Gasteiger partial charge in [-0.1, -0.05) is 0 Å². The van der Waals surface area contributed by atoms with E-state index in [1.807, 2.05) is 6.92 Å². The molecule has 90 valence electrons. The molecule has 0 spiro atoms. The Balaban J connectivity index is 2.01. The van der Waals surface area contributed by atoms with Crippen LogP contribution in [-0.4, -0.2) is 27.9 Å². The third-order valence-electron chi connectivity index (χ3n) is 3.50. The van der Waals surface area contributed by atoms with Crippen molar-refractivity contribution in [3.8, 4) is 0 Å². The molecule has 0 amide bonds. The van der Waals surface area contributed by atoms with Crippen molar-refractivity contribution >= 4 is 0 Å². The maximum absolute atomic E-state index is 4.30. The molecule has 1 aromatic heterocycles. The minimum absolute atomic E-state index is 0.781. The van der Waals surface area contributed by atoms with Crippen LogP contribution in [0.5, 0.6) is 0 Å². The van der Waals surface area contributed by atoms with Crippen LogP contribution in [0, 0.1) is 12.8 Å². The van der Waals surface area contributed by atoms with Crippen LogP contribution >= 0.6 is 0 Å². The number of hydrogen-bond donors (Lipinski definition) is 1. The van der Waals surface area contributed by atoms with E-state index in [-0.39, 0.29) is 0 Å². The first kappa shape index (κ1) is 11.6. The Morgan fingerprint density at radius 2 is 2.19 bits per heavy atom. The van der Waals surface area contributed by atoms with Crippen molar-refractivity contribution in [2.45, 2.75) is 46.1 Å². The fourth-order valence-electron chi connectivity index (χ4n) is 2.54. The molecule has 1 N–H and O–H groups in total. The molecule has 1 fully saturated rings. The summed E-state index contributed by atoms with van der Waals surface area (Å²) in [6.07, 6.45) is 4.98. The van der Waals surface area contributed by atoms with E-state index >= 15 is 0 Å². The number of nitrogens with zero attached hydrogens (tertiary/aromatic N) is 3. The van der Waals surface area contributed by atoms with Crippen LogP contribution in [-0.2, 0) is 13.0 Å². The third kappa shape index (κ3) is 2.61. The number of rotatable bonds is 3. The Hall–Kier alpha value is -0.900. The maximum Gasteiger partial charge on any atom is 0.133 e. The first-order chi connectivity index (χ1) is 7.81. The van der Waals surface area contributed by atoms with E-state index in [1.54, 1.807) is 0 Å². The zero-order valence-corrected chi connectivity index (χ0v) is 10.4. The summed E-state index contributed by atoms with van der Waals surface area (Å²) in [6, 6.07) is 0. The molecule has 0 aliphatic carbocycles. The first-order valence-corrected chi connectivity index (χ1v) is 6.40. The molecule has 0 saturated carbocycles. The second-order valence-corrected chi connectivity index (χ2v) is 4.66. The minimum Gasteiger partial charge on any atom is -0.317 e. The van der Waals surface area contributed by atoms with Gasteiger partial charge in [0, 0.05) is 13.0 Å². The molecule has 1 atom stereocenters. The van der Waals surface area contributed by atoms with Gasteiger partial charge in [-0.15, -0.1) is 10.2 Å². The Labute approximate surface area is 97.5 Å². The molecule has 4 nitrogen and oxygen atoms in total. The average molecular weight is 222 g/mol. The summed E-state index contributed by atoms with van der Waals surface area (Å²) in [6.45, 7) is 7.52. The van der Waals surface area contributed by atoms with Gasteiger partial charge in [0.2, 0.25) is 0 Å². The molecule has 4 heteroatoms. The van der Waals surface area contributed by atoms with Gasteiger partial charge in [-0.05, 0) is 52.1 Å². The molecular weight excluding hydrogens is 200 g/mol. The zero-order valence-electron chi connectivity index (χ0n) is 10.4. The lowest BCUT2D eigenvalue weighted by Gasteiger charge is -2.13. The van der Waals surface area contributed by atoms with E-state index in [2.05, 4.69) is 27.0 Å². The van der Waals surface area contributed by atoms with Crippen molar-refractivity contribution in [3.05, 3.63) is 11.6 Å². The maximum atomic E-state index is 4.30. The Kier molecular flexibility index (Phi) is 3.93. The smallest absolute Gasteiger partial charge is 0.133 e. The summed E-state index contributed by atoms with van der Waals surface area (Å²) in [7, 11) is 0. The number of aryl methyl sites for hydroxylation is 1. The molecule has 1 unspecified atom stereocenters. The normalized spacial score (nSPS) is 22.0. The molecule has 1 aliphatic rings. The highest BCUT2D eigenvalue weighted by atomic mass is 15.3. The predicted molar refractivity (Wildman–Crippen MR) is 64.3 cm³/mol. The van der Waals surface area contributed by atoms with Crippen LogP contribution < -0.4 is 5.32 Å². The Bertz CT molecular complexity index is 324. The van der Waals surface area contributed by atoms with Gasteiger partial charge >= 0.3 is 0 Å². The monoisotopic (exact) mass is 222 g/mol. The van der Waals surface area contributed by atoms with Crippen LogP contribution in [0.4, 0.5) is 0 Å². The summed E-state index contributed by atoms with van der Waals surface area (Å²) in [5.74, 6) is 3.00. The lowest BCUT2D eigenvalue weighted by Crippen LogP contribution is -2.15. The third-order valence-corrected chi connectivity index (χ3v) is 3.50. The van der Waals surface area contributed by atoms with Crippen molar-refractivity contribution in [2.24, 2.45) is 5.92 Å². The van der Waals surface area contributed by atoms with Crippen molar-refractivity contribution < 1.29 is 0 Å². The van der Waals surface area contributed by atoms with Crippen LogP contribution in [0.1, 0.15) is 37.8 Å². The van der Waals surface area contributed by atoms with E-state index in [4.69, 9.17) is 0 Å². The standard InChI is InChI=1S/C12H22N4/c1-3-16-10(2)14-15-12(16)9-11-5-4-7-13-8-6-11/h11,13H,3-9H2,1-2H3. The second kappa shape index (κ2) is 5.43. The molecule has 1 aromatic rings. The number of hydrogen-bond acceptors (Lipinski definition) is 3. The highest BCUT2D eigenvalue weighted by Crippen LogP contribution is 2.18. The summed E-state index contributed by atoms with van der Waals surface area (Å²) in [4.78, 5) is 0. The van der Waals surface area contributed by atoms with Crippen LogP contribution in [0.25, 0.3) is 0 Å². The van der Waals surface area contributed by atoms with Gasteiger partial charge in [0.25, 0.3) is 0 Å². The highest BCUT2D eigenvalue weighted by Gasteiger charge is 2.16. The van der Waals surface area contributed by atoms with E-state index in [9.17, 15) is 0 Å². The van der Waals surface area contributed by atoms with E-state index in [0.717, 1.165) is 31.3 Å². The lowest BCUT2D eigenvalue weighted by molar-refractivity contribution is 0.449. The summed E-state index contributed by atoms with van der Waals surface area (Å²) >= 11 is 0. The Morgan fingerprint density at radius 3 is 3.00 bits per heavy atom. The van der Waals surface area contributed by atoms with Gasteiger partial charge in [-0.2, -0.15) is 0 Å². The number of nitrogens with one attached hydrogen (secondary N) is 1. The summed E-state index contributed by atoms with van der Waals surface area (Å²) < 4.78 is 2.23. The fourth-order valence-corrected chi connectivity index (χ4v) is 2.54. The Morgan fingerprint density at radius 1 is 1.31 bits per heavy atom. The van der Waals surface area contributed by atoms with Gasteiger partial charge in [-0.25, -0.2) is 0 Å². The molecule has 2 rings (SSSR count). The summed E-state index contributed by atoms with van der Waals surface area (Å²) in [5.41, 5.74) is 0. The van der Waals surface area contributed by atoms with Crippen molar-refractivity contribution in [3.63, 3.8) is 0 Å². The molecule has 1 aliphatic heterocycles. The van der Waals surface area contributed by atoms with Crippen molar-refractivity contribution in [1.29, 1.82) is 0 Å². The topological polar surface area (TPSA) is 42.7 Å². The second-order valence-electron chi connectivity index (χ2n) is 4.66. The van der Waals surface area contributed by atoms with E-state index in [0.29, 0.717) is 0 Å². The predicted octanol–water partition coefficient (Wildman–Crippen LogP) is 1.54. The van der Waals surface area contributed by atoms with Crippen molar-refractivity contribution in [1.82, 2.24) is 20.1 Å². The molecule has 0 aromatic carbocycles. The molecule has 0 bridgehead atoms.